The first-order valence-corrected chi connectivity index (χ1v) is 16.3. The zero-order valence-electron chi connectivity index (χ0n) is 31.5. The molecule has 0 spiro atoms. The maximum Gasteiger partial charge on any atom is 0.164 e. The smallest absolute Gasteiger partial charge is 0.164 e. The quantitative estimate of drug-likeness (QED) is 0.187. The van der Waals surface area contributed by atoms with Crippen molar-refractivity contribution < 1.29 is 11.3 Å². The van der Waals surface area contributed by atoms with Crippen LogP contribution in [0.15, 0.2) is 174 Å². The lowest BCUT2D eigenvalue weighted by atomic mass is 10.0. The third-order valence-corrected chi connectivity index (χ3v) is 9.16. The van der Waals surface area contributed by atoms with Crippen molar-refractivity contribution in [3.8, 4) is 51.0 Å². The Kier molecular flexibility index (Phi) is 5.35. The van der Waals surface area contributed by atoms with E-state index < -0.39 is 30.2 Å². The number of aromatic nitrogens is 4. The van der Waals surface area contributed by atoms with E-state index in [9.17, 15) is 0 Å². The summed E-state index contributed by atoms with van der Waals surface area (Å²) in [6, 6.07) is 44.2. The highest BCUT2D eigenvalue weighted by Gasteiger charge is 2.19. The lowest BCUT2D eigenvalue weighted by molar-refractivity contribution is 0.669. The molecule has 234 valence electrons. The van der Waals surface area contributed by atoms with Crippen molar-refractivity contribution in [2.75, 3.05) is 0 Å². The van der Waals surface area contributed by atoms with Crippen molar-refractivity contribution >= 4 is 43.7 Å². The molecule has 50 heavy (non-hydrogen) atoms. The number of hydrogen-bond donors (Lipinski definition) is 0. The molecule has 0 radical (unpaired) electrons. The van der Waals surface area contributed by atoms with Crippen LogP contribution in [0.1, 0.15) is 6.85 Å². The van der Waals surface area contributed by atoms with Gasteiger partial charge in [0.25, 0.3) is 0 Å². The summed E-state index contributed by atoms with van der Waals surface area (Å²) < 4.78 is 51.1. The molecule has 3 aromatic heterocycles. The van der Waals surface area contributed by atoms with E-state index in [0.29, 0.717) is 16.7 Å². The van der Waals surface area contributed by atoms with E-state index in [1.165, 1.54) is 0 Å². The second kappa shape index (κ2) is 11.4. The number of hydrogen-bond acceptors (Lipinski definition) is 4. The maximum atomic E-state index is 8.81. The summed E-state index contributed by atoms with van der Waals surface area (Å²) in [4.78, 5) is 14.6. The van der Waals surface area contributed by atoms with Crippen LogP contribution in [0.3, 0.4) is 0 Å². The van der Waals surface area contributed by atoms with Crippen LogP contribution in [0.4, 0.5) is 0 Å². The van der Waals surface area contributed by atoms with Crippen LogP contribution in [0.25, 0.3) is 94.7 Å². The topological polar surface area (TPSA) is 56.7 Å². The molecule has 0 aliphatic heterocycles. The molecule has 0 N–H and O–H groups in total. The second-order valence-electron chi connectivity index (χ2n) is 12.1. The van der Waals surface area contributed by atoms with Crippen molar-refractivity contribution in [2.24, 2.45) is 0 Å². The van der Waals surface area contributed by atoms with Gasteiger partial charge in [-0.25, -0.2) is 15.0 Å². The standard InChI is InChI=1S/C45H28N4O/c1-3-13-29(14-4-1)33-25-23-31(27-40(33)49-38-20-10-7-17-34(38)35-18-8-11-21-39(35)49)44-46-43(30-15-5-2-6-16-30)47-45(48-44)32-24-26-37-36-19-9-12-22-41(36)50-42(37)28-32/h1-28H/i2D,5D,6D,15D,16D. The van der Waals surface area contributed by atoms with Gasteiger partial charge in [-0.3, -0.25) is 0 Å². The number of nitrogens with zero attached hydrogens (tertiary/aromatic N) is 4. The van der Waals surface area contributed by atoms with Gasteiger partial charge in [0.05, 0.1) is 23.6 Å². The fraction of sp³-hybridized carbons (Fsp3) is 0. The Balaban J connectivity index is 1.25. The third-order valence-electron chi connectivity index (χ3n) is 9.16. The first kappa shape index (κ1) is 23.5. The maximum absolute atomic E-state index is 8.81. The number of furan rings is 1. The molecule has 0 saturated heterocycles. The Morgan fingerprint density at radius 2 is 1.00 bits per heavy atom. The van der Waals surface area contributed by atoms with Gasteiger partial charge in [-0.2, -0.15) is 0 Å². The van der Waals surface area contributed by atoms with E-state index in [4.69, 9.17) is 26.2 Å². The largest absolute Gasteiger partial charge is 0.456 e. The van der Waals surface area contributed by atoms with Crippen molar-refractivity contribution in [2.45, 2.75) is 0 Å². The van der Waals surface area contributed by atoms with Gasteiger partial charge in [-0.1, -0.05) is 133 Å². The van der Waals surface area contributed by atoms with Gasteiger partial charge in [0.2, 0.25) is 0 Å². The summed E-state index contributed by atoms with van der Waals surface area (Å²) in [5.74, 6) is 0.505. The number of para-hydroxylation sites is 3. The first-order valence-electron chi connectivity index (χ1n) is 18.8. The molecule has 5 nitrogen and oxygen atoms in total. The molecule has 7 aromatic carbocycles. The summed E-state index contributed by atoms with van der Waals surface area (Å²) in [5.41, 5.74) is 7.55. The normalized spacial score (nSPS) is 13.0. The molecule has 0 aliphatic rings. The minimum atomic E-state index is -0.490. The number of fused-ring (bicyclic) bond motifs is 6. The molecular formula is C45H28N4O. The molecule has 0 amide bonds. The van der Waals surface area contributed by atoms with Gasteiger partial charge in [0.1, 0.15) is 11.2 Å². The van der Waals surface area contributed by atoms with Crippen LogP contribution < -0.4 is 0 Å². The van der Waals surface area contributed by atoms with Gasteiger partial charge in [-0.15, -0.1) is 0 Å². The molecule has 10 aromatic rings. The highest BCUT2D eigenvalue weighted by Crippen LogP contribution is 2.38. The Morgan fingerprint density at radius 1 is 0.440 bits per heavy atom. The lowest BCUT2D eigenvalue weighted by Gasteiger charge is -2.16. The summed E-state index contributed by atoms with van der Waals surface area (Å²) in [7, 11) is 0. The minimum Gasteiger partial charge on any atom is -0.456 e. The molecule has 0 saturated carbocycles. The Hall–Kier alpha value is -6.85. The van der Waals surface area contributed by atoms with Crippen LogP contribution in [0.5, 0.6) is 0 Å². The first-order chi connectivity index (χ1) is 26.9. The van der Waals surface area contributed by atoms with Crippen molar-refractivity contribution in [3.63, 3.8) is 0 Å². The van der Waals surface area contributed by atoms with Crippen LogP contribution >= 0.6 is 0 Å². The highest BCUT2D eigenvalue weighted by molar-refractivity contribution is 6.10. The van der Waals surface area contributed by atoms with E-state index in [2.05, 4.69) is 53.1 Å². The number of benzene rings is 7. The van der Waals surface area contributed by atoms with E-state index in [1.54, 1.807) is 0 Å². The van der Waals surface area contributed by atoms with Gasteiger partial charge >= 0.3 is 0 Å². The SMILES string of the molecule is [2H]c1c([2H])c([2H])c(-c2nc(-c3ccc(-c4ccccc4)c(-n4c5ccccc5c5ccccc54)c3)nc(-c3ccc4c(c3)oc3ccccc34)n2)c([2H])c1[2H]. The Bertz CT molecular complexity index is 3090. The van der Waals surface area contributed by atoms with Crippen LogP contribution in [-0.4, -0.2) is 19.5 Å². The van der Waals surface area contributed by atoms with Gasteiger partial charge in [0, 0.05) is 43.8 Å². The lowest BCUT2D eigenvalue weighted by Crippen LogP contribution is -2.02. The predicted molar refractivity (Wildman–Crippen MR) is 203 cm³/mol. The highest BCUT2D eigenvalue weighted by atomic mass is 16.3. The van der Waals surface area contributed by atoms with E-state index >= 15 is 0 Å². The van der Waals surface area contributed by atoms with Crippen molar-refractivity contribution in [3.05, 3.63) is 170 Å². The van der Waals surface area contributed by atoms with Gasteiger partial charge < -0.3 is 8.98 Å². The van der Waals surface area contributed by atoms with Crippen molar-refractivity contribution in [1.29, 1.82) is 0 Å². The zero-order chi connectivity index (χ0) is 37.4. The molecular weight excluding hydrogens is 613 g/mol. The monoisotopic (exact) mass is 645 g/mol. The van der Waals surface area contributed by atoms with Gasteiger partial charge in [-0.05, 0) is 42.0 Å². The Morgan fingerprint density at radius 3 is 1.72 bits per heavy atom. The number of rotatable bonds is 5. The molecule has 10 rings (SSSR count). The molecule has 3 heterocycles. The van der Waals surface area contributed by atoms with E-state index in [1.807, 2.05) is 91.0 Å². The summed E-state index contributed by atoms with van der Waals surface area (Å²) in [6.45, 7) is 0. The second-order valence-corrected chi connectivity index (χ2v) is 12.1. The zero-order valence-corrected chi connectivity index (χ0v) is 26.5. The average molecular weight is 646 g/mol. The van der Waals surface area contributed by atoms with Crippen LogP contribution in [0.2, 0.25) is 0 Å². The molecule has 0 fully saturated rings. The van der Waals surface area contributed by atoms with Crippen molar-refractivity contribution in [1.82, 2.24) is 19.5 Å². The fourth-order valence-electron chi connectivity index (χ4n) is 6.87. The molecule has 0 aliphatic carbocycles. The third kappa shape index (κ3) is 4.60. The Labute approximate surface area is 294 Å². The fourth-order valence-corrected chi connectivity index (χ4v) is 6.87. The molecule has 5 heteroatoms. The molecule has 0 atom stereocenters. The van der Waals surface area contributed by atoms with E-state index in [0.717, 1.165) is 55.0 Å². The minimum absolute atomic E-state index is 0.0350. The van der Waals surface area contributed by atoms with Crippen LogP contribution in [-0.2, 0) is 0 Å². The summed E-state index contributed by atoms with van der Waals surface area (Å²) in [6.07, 6.45) is 0. The molecule has 0 bridgehead atoms. The average Bonchev–Trinajstić information content (AvgIpc) is 3.78. The van der Waals surface area contributed by atoms with E-state index in [-0.39, 0.29) is 23.0 Å². The summed E-state index contributed by atoms with van der Waals surface area (Å²) >= 11 is 0. The van der Waals surface area contributed by atoms with Crippen LogP contribution in [0, 0.1) is 0 Å². The predicted octanol–water partition coefficient (Wildman–Crippen LogP) is 11.5. The summed E-state index contributed by atoms with van der Waals surface area (Å²) in [5, 5.41) is 4.16. The van der Waals surface area contributed by atoms with Gasteiger partial charge in [0.15, 0.2) is 17.5 Å². The molecule has 0 unspecified atom stereocenters.